The van der Waals surface area contributed by atoms with Gasteiger partial charge in [-0.05, 0) is 87.7 Å². The maximum atomic E-state index is 13.5. The highest BCUT2D eigenvalue weighted by Gasteiger charge is 2.47. The van der Waals surface area contributed by atoms with Crippen LogP contribution in [0.3, 0.4) is 0 Å². The molecule has 1 aliphatic carbocycles. The summed E-state index contributed by atoms with van der Waals surface area (Å²) in [5.74, 6) is 0.221. The average Bonchev–Trinajstić information content (AvgIpc) is 3.26. The van der Waals surface area contributed by atoms with Crippen LogP contribution in [0.5, 0.6) is 0 Å². The van der Waals surface area contributed by atoms with Gasteiger partial charge < -0.3 is 19.9 Å². The number of rotatable bonds is 9. The molecule has 0 bridgehead atoms. The normalized spacial score (nSPS) is 20.7. The van der Waals surface area contributed by atoms with Crippen LogP contribution in [-0.4, -0.2) is 68.8 Å². The third-order valence-corrected chi connectivity index (χ3v) is 10.3. The molecule has 3 aliphatic rings. The topological polar surface area (TPSA) is 96.0 Å². The number of nitrogens with zero attached hydrogens (tertiary/aromatic N) is 2. The standard InChI is InChI=1S/C32H43N3O5S/c1-41(38,39)28-14-12-25(13-15-28)24-35-23-19-32(30(35)36)17-21-34(22-18-32)20-16-29(26-8-4-2-5-9-26)33-31(37)40-27-10-6-3-7-11-27/h2,4-5,8-9,12-15,27,29H,3,6-7,10-11,16-24H2,1H3,(H,33,37)/t29-/m0/s1. The molecule has 1 atom stereocenters. The van der Waals surface area contributed by atoms with Gasteiger partial charge in [-0.1, -0.05) is 48.9 Å². The van der Waals surface area contributed by atoms with Crippen molar-refractivity contribution in [2.24, 2.45) is 5.41 Å². The number of carbonyl (C=O) groups is 2. The Morgan fingerprint density at radius 2 is 1.63 bits per heavy atom. The van der Waals surface area contributed by atoms with Gasteiger partial charge in [-0.25, -0.2) is 13.2 Å². The molecule has 0 radical (unpaired) electrons. The molecule has 1 N–H and O–H groups in total. The number of hydrogen-bond donors (Lipinski definition) is 1. The summed E-state index contributed by atoms with van der Waals surface area (Å²) in [6, 6.07) is 16.8. The van der Waals surface area contributed by atoms with Crippen LogP contribution in [0.1, 0.15) is 75.0 Å². The maximum Gasteiger partial charge on any atom is 0.407 e. The average molecular weight is 582 g/mol. The van der Waals surface area contributed by atoms with Crippen molar-refractivity contribution in [2.45, 2.75) is 81.4 Å². The van der Waals surface area contributed by atoms with Crippen molar-refractivity contribution in [3.63, 3.8) is 0 Å². The number of hydrogen-bond acceptors (Lipinski definition) is 6. The van der Waals surface area contributed by atoms with Crippen LogP contribution in [0, 0.1) is 5.41 Å². The second kappa shape index (κ2) is 12.9. The predicted octanol–water partition coefficient (Wildman–Crippen LogP) is 5.09. The number of alkyl carbamates (subject to hydrolysis) is 1. The molecule has 1 saturated carbocycles. The predicted molar refractivity (Wildman–Crippen MR) is 158 cm³/mol. The summed E-state index contributed by atoms with van der Waals surface area (Å²) in [7, 11) is -3.24. The minimum Gasteiger partial charge on any atom is -0.446 e. The minimum atomic E-state index is -3.24. The van der Waals surface area contributed by atoms with Crippen LogP contribution in [0.15, 0.2) is 59.5 Å². The summed E-state index contributed by atoms with van der Waals surface area (Å²) in [6.07, 6.45) is 9.57. The number of benzene rings is 2. The van der Waals surface area contributed by atoms with Gasteiger partial charge in [0.15, 0.2) is 9.84 Å². The third-order valence-electron chi connectivity index (χ3n) is 9.19. The monoisotopic (exact) mass is 581 g/mol. The highest BCUT2D eigenvalue weighted by molar-refractivity contribution is 7.90. The van der Waals surface area contributed by atoms with E-state index in [-0.39, 0.29) is 29.6 Å². The fraction of sp³-hybridized carbons (Fsp3) is 0.562. The zero-order valence-electron chi connectivity index (χ0n) is 24.1. The molecule has 9 heteroatoms. The van der Waals surface area contributed by atoms with Gasteiger partial charge in [0.2, 0.25) is 5.91 Å². The molecule has 41 heavy (non-hydrogen) atoms. The molecule has 2 amide bonds. The Morgan fingerprint density at radius 3 is 2.29 bits per heavy atom. The quantitative estimate of drug-likeness (QED) is 0.443. The molecule has 2 heterocycles. The number of likely N-dealkylation sites (tertiary alicyclic amines) is 2. The van der Waals surface area contributed by atoms with E-state index in [0.29, 0.717) is 11.4 Å². The van der Waals surface area contributed by atoms with Crippen LogP contribution in [0.4, 0.5) is 4.79 Å². The van der Waals surface area contributed by atoms with Crippen molar-refractivity contribution in [2.75, 3.05) is 32.4 Å². The van der Waals surface area contributed by atoms with E-state index in [0.717, 1.165) is 88.7 Å². The SMILES string of the molecule is CS(=O)(=O)c1ccc(CN2CCC3(CCN(CC[C@H](NC(=O)OC4CCCCC4)c4ccccc4)CC3)C2=O)cc1. The van der Waals surface area contributed by atoms with Gasteiger partial charge in [-0.15, -0.1) is 0 Å². The number of piperidine rings is 1. The van der Waals surface area contributed by atoms with Crippen molar-refractivity contribution >= 4 is 21.8 Å². The van der Waals surface area contributed by atoms with Gasteiger partial charge in [0, 0.05) is 25.9 Å². The maximum absolute atomic E-state index is 13.5. The van der Waals surface area contributed by atoms with Gasteiger partial charge in [0.25, 0.3) is 0 Å². The lowest BCUT2D eigenvalue weighted by Crippen LogP contribution is -2.45. The van der Waals surface area contributed by atoms with E-state index >= 15 is 0 Å². The van der Waals surface area contributed by atoms with E-state index in [4.69, 9.17) is 4.74 Å². The van der Waals surface area contributed by atoms with Crippen LogP contribution >= 0.6 is 0 Å². The summed E-state index contributed by atoms with van der Waals surface area (Å²) in [6.45, 7) is 3.79. The molecule has 2 aromatic rings. The molecule has 2 aromatic carbocycles. The smallest absolute Gasteiger partial charge is 0.407 e. The van der Waals surface area contributed by atoms with Crippen LogP contribution < -0.4 is 5.32 Å². The Labute approximate surface area is 244 Å². The molecule has 0 unspecified atom stereocenters. The highest BCUT2D eigenvalue weighted by Crippen LogP contribution is 2.42. The zero-order chi connectivity index (χ0) is 28.9. The highest BCUT2D eigenvalue weighted by atomic mass is 32.2. The van der Waals surface area contributed by atoms with Gasteiger partial charge in [-0.2, -0.15) is 0 Å². The number of carbonyl (C=O) groups excluding carboxylic acids is 2. The molecule has 5 rings (SSSR count). The Kier molecular flexibility index (Phi) is 9.34. The first-order chi connectivity index (χ1) is 19.7. The van der Waals surface area contributed by atoms with Crippen molar-refractivity contribution in [3.05, 3.63) is 65.7 Å². The van der Waals surface area contributed by atoms with Crippen molar-refractivity contribution in [3.8, 4) is 0 Å². The third kappa shape index (κ3) is 7.49. The van der Waals surface area contributed by atoms with Crippen LogP contribution in [-0.2, 0) is 25.9 Å². The van der Waals surface area contributed by atoms with E-state index in [9.17, 15) is 18.0 Å². The van der Waals surface area contributed by atoms with E-state index in [1.807, 2.05) is 23.1 Å². The van der Waals surface area contributed by atoms with Crippen LogP contribution in [0.2, 0.25) is 0 Å². The van der Waals surface area contributed by atoms with Crippen LogP contribution in [0.25, 0.3) is 0 Å². The number of amides is 2. The van der Waals surface area contributed by atoms with Gasteiger partial charge in [-0.3, -0.25) is 4.79 Å². The zero-order valence-corrected chi connectivity index (χ0v) is 24.9. The Morgan fingerprint density at radius 1 is 0.976 bits per heavy atom. The van der Waals surface area contributed by atoms with Gasteiger partial charge in [0.05, 0.1) is 16.4 Å². The van der Waals surface area contributed by atoms with Crippen molar-refractivity contribution in [1.29, 1.82) is 0 Å². The second-order valence-electron chi connectivity index (χ2n) is 12.1. The van der Waals surface area contributed by atoms with E-state index in [2.05, 4.69) is 22.3 Å². The first-order valence-electron chi connectivity index (χ1n) is 15.0. The lowest BCUT2D eigenvalue weighted by atomic mass is 9.77. The second-order valence-corrected chi connectivity index (χ2v) is 14.1. The summed E-state index contributed by atoms with van der Waals surface area (Å²) in [5.41, 5.74) is 1.72. The number of ether oxygens (including phenoxy) is 1. The lowest BCUT2D eigenvalue weighted by molar-refractivity contribution is -0.138. The van der Waals surface area contributed by atoms with Gasteiger partial charge >= 0.3 is 6.09 Å². The first-order valence-corrected chi connectivity index (χ1v) is 16.9. The Hall–Kier alpha value is -2.91. The molecule has 2 saturated heterocycles. The molecule has 3 fully saturated rings. The molecular weight excluding hydrogens is 538 g/mol. The molecule has 0 aromatic heterocycles. The summed E-state index contributed by atoms with van der Waals surface area (Å²) in [5, 5.41) is 3.13. The fourth-order valence-corrected chi connectivity index (χ4v) is 7.23. The molecule has 1 spiro atoms. The van der Waals surface area contributed by atoms with E-state index in [1.165, 1.54) is 12.7 Å². The molecule has 2 aliphatic heterocycles. The lowest BCUT2D eigenvalue weighted by Gasteiger charge is -2.38. The summed E-state index contributed by atoms with van der Waals surface area (Å²) < 4.78 is 29.3. The first kappa shape index (κ1) is 29.6. The minimum absolute atomic E-state index is 0.0221. The van der Waals surface area contributed by atoms with E-state index in [1.54, 1.807) is 24.3 Å². The summed E-state index contributed by atoms with van der Waals surface area (Å²) in [4.78, 5) is 30.9. The fourth-order valence-electron chi connectivity index (χ4n) is 6.60. The molecular formula is C32H43N3O5S. The van der Waals surface area contributed by atoms with Gasteiger partial charge in [0.1, 0.15) is 6.10 Å². The Bertz CT molecular complexity index is 1280. The molecule has 222 valence electrons. The Balaban J connectivity index is 1.12. The van der Waals surface area contributed by atoms with Crippen molar-refractivity contribution < 1.29 is 22.7 Å². The largest absolute Gasteiger partial charge is 0.446 e. The summed E-state index contributed by atoms with van der Waals surface area (Å²) >= 11 is 0. The molecule has 8 nitrogen and oxygen atoms in total. The number of nitrogens with one attached hydrogen (secondary N) is 1. The van der Waals surface area contributed by atoms with Crippen molar-refractivity contribution in [1.82, 2.24) is 15.1 Å². The number of sulfone groups is 1. The van der Waals surface area contributed by atoms with E-state index < -0.39 is 9.84 Å².